The average Bonchev–Trinajstić information content (AvgIpc) is 2.33. The Bertz CT molecular complexity index is 299. The minimum atomic E-state index is 0.396. The molecule has 0 aliphatic heterocycles. The standard InChI is InChI=1S/C14H21NO/c15-14-9-5-4-6-12(14)10-11-16-13-7-2-1-3-8-13/h1-3,7-8,12,14H,4-6,9-11,15H2. The van der Waals surface area contributed by atoms with Gasteiger partial charge in [0.2, 0.25) is 0 Å². The monoisotopic (exact) mass is 219 g/mol. The number of hydrogen-bond acceptors (Lipinski definition) is 2. The van der Waals surface area contributed by atoms with Gasteiger partial charge >= 0.3 is 0 Å². The van der Waals surface area contributed by atoms with Crippen LogP contribution in [-0.2, 0) is 0 Å². The Kier molecular flexibility index (Phi) is 4.23. The molecule has 2 atom stereocenters. The van der Waals surface area contributed by atoms with Crippen molar-refractivity contribution in [3.8, 4) is 5.75 Å². The number of nitrogens with two attached hydrogens (primary N) is 1. The van der Waals surface area contributed by atoms with Crippen LogP contribution >= 0.6 is 0 Å². The van der Waals surface area contributed by atoms with E-state index in [2.05, 4.69) is 0 Å². The van der Waals surface area contributed by atoms with Crippen LogP contribution in [0, 0.1) is 5.92 Å². The van der Waals surface area contributed by atoms with Crippen LogP contribution in [0.5, 0.6) is 5.75 Å². The first kappa shape index (κ1) is 11.5. The molecule has 2 N–H and O–H groups in total. The Balaban J connectivity index is 1.71. The van der Waals surface area contributed by atoms with Crippen molar-refractivity contribution >= 4 is 0 Å². The van der Waals surface area contributed by atoms with E-state index >= 15 is 0 Å². The van der Waals surface area contributed by atoms with Crippen molar-refractivity contribution in [3.05, 3.63) is 30.3 Å². The highest BCUT2D eigenvalue weighted by molar-refractivity contribution is 5.20. The van der Waals surface area contributed by atoms with E-state index < -0.39 is 0 Å². The zero-order chi connectivity index (χ0) is 11.2. The van der Waals surface area contributed by atoms with E-state index in [9.17, 15) is 0 Å². The first-order valence-corrected chi connectivity index (χ1v) is 6.29. The van der Waals surface area contributed by atoms with E-state index in [4.69, 9.17) is 10.5 Å². The number of hydrogen-bond donors (Lipinski definition) is 1. The van der Waals surface area contributed by atoms with Crippen molar-refractivity contribution < 1.29 is 4.74 Å². The fraction of sp³-hybridized carbons (Fsp3) is 0.571. The van der Waals surface area contributed by atoms with Crippen LogP contribution in [0.25, 0.3) is 0 Å². The maximum atomic E-state index is 6.10. The molecular weight excluding hydrogens is 198 g/mol. The molecule has 0 amide bonds. The molecule has 0 saturated heterocycles. The zero-order valence-electron chi connectivity index (χ0n) is 9.77. The largest absolute Gasteiger partial charge is 0.494 e. The third-order valence-electron chi connectivity index (χ3n) is 3.47. The summed E-state index contributed by atoms with van der Waals surface area (Å²) in [6.45, 7) is 0.794. The molecule has 1 aromatic carbocycles. The fourth-order valence-corrected chi connectivity index (χ4v) is 2.44. The molecular formula is C14H21NO. The first-order chi connectivity index (χ1) is 7.86. The van der Waals surface area contributed by atoms with Gasteiger partial charge in [-0.05, 0) is 37.3 Å². The second-order valence-corrected chi connectivity index (χ2v) is 4.66. The normalized spacial score (nSPS) is 25.3. The van der Waals surface area contributed by atoms with Gasteiger partial charge in [-0.15, -0.1) is 0 Å². The predicted molar refractivity (Wildman–Crippen MR) is 66.5 cm³/mol. The van der Waals surface area contributed by atoms with Crippen LogP contribution in [-0.4, -0.2) is 12.6 Å². The number of rotatable bonds is 4. The molecule has 88 valence electrons. The first-order valence-electron chi connectivity index (χ1n) is 6.29. The number of ether oxygens (including phenoxy) is 1. The highest BCUT2D eigenvalue weighted by atomic mass is 16.5. The molecule has 1 saturated carbocycles. The maximum absolute atomic E-state index is 6.10. The van der Waals surface area contributed by atoms with Crippen molar-refractivity contribution in [1.29, 1.82) is 0 Å². The van der Waals surface area contributed by atoms with Gasteiger partial charge in [-0.1, -0.05) is 31.0 Å². The van der Waals surface area contributed by atoms with Gasteiger partial charge in [-0.2, -0.15) is 0 Å². The molecule has 0 spiro atoms. The number of para-hydroxylation sites is 1. The Morgan fingerprint density at radius 2 is 1.88 bits per heavy atom. The van der Waals surface area contributed by atoms with Gasteiger partial charge in [0.1, 0.15) is 5.75 Å². The summed E-state index contributed by atoms with van der Waals surface area (Å²) >= 11 is 0. The van der Waals surface area contributed by atoms with Crippen molar-refractivity contribution in [2.45, 2.75) is 38.1 Å². The van der Waals surface area contributed by atoms with E-state index in [1.54, 1.807) is 0 Å². The summed E-state index contributed by atoms with van der Waals surface area (Å²) in [5.74, 6) is 1.63. The van der Waals surface area contributed by atoms with Gasteiger partial charge in [0.25, 0.3) is 0 Å². The lowest BCUT2D eigenvalue weighted by atomic mass is 9.83. The maximum Gasteiger partial charge on any atom is 0.119 e. The molecule has 0 bridgehead atoms. The van der Waals surface area contributed by atoms with E-state index in [0.29, 0.717) is 12.0 Å². The molecule has 2 rings (SSSR count). The molecule has 0 radical (unpaired) electrons. The van der Waals surface area contributed by atoms with Crippen molar-refractivity contribution in [1.82, 2.24) is 0 Å². The van der Waals surface area contributed by atoms with Gasteiger partial charge in [0.05, 0.1) is 6.61 Å². The van der Waals surface area contributed by atoms with Crippen LogP contribution < -0.4 is 10.5 Å². The highest BCUT2D eigenvalue weighted by Crippen LogP contribution is 2.25. The lowest BCUT2D eigenvalue weighted by Gasteiger charge is -2.28. The van der Waals surface area contributed by atoms with Crippen molar-refractivity contribution in [2.75, 3.05) is 6.61 Å². The van der Waals surface area contributed by atoms with E-state index in [1.165, 1.54) is 25.7 Å². The molecule has 2 nitrogen and oxygen atoms in total. The van der Waals surface area contributed by atoms with Gasteiger partial charge in [0.15, 0.2) is 0 Å². The summed E-state index contributed by atoms with van der Waals surface area (Å²) in [4.78, 5) is 0. The quantitative estimate of drug-likeness (QED) is 0.845. The third-order valence-corrected chi connectivity index (χ3v) is 3.47. The summed E-state index contributed by atoms with van der Waals surface area (Å²) in [6.07, 6.45) is 6.20. The van der Waals surface area contributed by atoms with E-state index in [-0.39, 0.29) is 0 Å². The average molecular weight is 219 g/mol. The van der Waals surface area contributed by atoms with Gasteiger partial charge in [0, 0.05) is 6.04 Å². The topological polar surface area (TPSA) is 35.2 Å². The van der Waals surface area contributed by atoms with Crippen LogP contribution in [0.3, 0.4) is 0 Å². The Morgan fingerprint density at radius 1 is 1.12 bits per heavy atom. The summed E-state index contributed by atoms with van der Waals surface area (Å²) < 4.78 is 5.70. The third kappa shape index (κ3) is 3.24. The summed E-state index contributed by atoms with van der Waals surface area (Å²) in [5.41, 5.74) is 6.10. The van der Waals surface area contributed by atoms with Gasteiger partial charge < -0.3 is 10.5 Å². The van der Waals surface area contributed by atoms with Crippen molar-refractivity contribution in [3.63, 3.8) is 0 Å². The molecule has 2 unspecified atom stereocenters. The van der Waals surface area contributed by atoms with Crippen LogP contribution in [0.15, 0.2) is 30.3 Å². The Morgan fingerprint density at radius 3 is 2.62 bits per heavy atom. The molecule has 1 aromatic rings. The molecule has 0 heterocycles. The van der Waals surface area contributed by atoms with Crippen LogP contribution in [0.4, 0.5) is 0 Å². The lowest BCUT2D eigenvalue weighted by molar-refractivity contribution is 0.226. The molecule has 16 heavy (non-hydrogen) atoms. The lowest BCUT2D eigenvalue weighted by Crippen LogP contribution is -2.33. The van der Waals surface area contributed by atoms with Gasteiger partial charge in [-0.25, -0.2) is 0 Å². The molecule has 2 heteroatoms. The molecule has 1 aliphatic rings. The van der Waals surface area contributed by atoms with E-state index in [1.807, 2.05) is 30.3 Å². The Labute approximate surface area is 97.8 Å². The minimum Gasteiger partial charge on any atom is -0.494 e. The molecule has 1 aliphatic carbocycles. The van der Waals surface area contributed by atoms with E-state index in [0.717, 1.165) is 18.8 Å². The minimum absolute atomic E-state index is 0.396. The second kappa shape index (κ2) is 5.90. The Hall–Kier alpha value is -1.02. The predicted octanol–water partition coefficient (Wildman–Crippen LogP) is 2.97. The molecule has 1 fully saturated rings. The smallest absolute Gasteiger partial charge is 0.119 e. The molecule has 0 aromatic heterocycles. The van der Waals surface area contributed by atoms with Crippen LogP contribution in [0.2, 0.25) is 0 Å². The number of benzene rings is 1. The SMILES string of the molecule is NC1CCCCC1CCOc1ccccc1. The summed E-state index contributed by atoms with van der Waals surface area (Å²) in [7, 11) is 0. The highest BCUT2D eigenvalue weighted by Gasteiger charge is 2.21. The fourth-order valence-electron chi connectivity index (χ4n) is 2.44. The summed E-state index contributed by atoms with van der Waals surface area (Å²) in [6, 6.07) is 10.4. The van der Waals surface area contributed by atoms with Gasteiger partial charge in [-0.3, -0.25) is 0 Å². The van der Waals surface area contributed by atoms with Crippen molar-refractivity contribution in [2.24, 2.45) is 11.7 Å². The second-order valence-electron chi connectivity index (χ2n) is 4.66. The van der Waals surface area contributed by atoms with Crippen LogP contribution in [0.1, 0.15) is 32.1 Å². The summed E-state index contributed by atoms with van der Waals surface area (Å²) in [5, 5.41) is 0. The zero-order valence-corrected chi connectivity index (χ0v) is 9.77.